The van der Waals surface area contributed by atoms with E-state index in [1.807, 2.05) is 0 Å². The lowest BCUT2D eigenvalue weighted by molar-refractivity contribution is -0.440. The molecule has 0 radical (unpaired) electrons. The molecule has 0 spiro atoms. The molecular weight excluding hydrogens is 383 g/mol. The summed E-state index contributed by atoms with van der Waals surface area (Å²) in [6, 6.07) is 0. The molecule has 0 fully saturated rings. The first kappa shape index (κ1) is 22.8. The van der Waals surface area contributed by atoms with Gasteiger partial charge in [-0.3, -0.25) is 0 Å². The lowest BCUT2D eigenvalue weighted by atomic mass is 9.90. The lowest BCUT2D eigenvalue weighted by Gasteiger charge is -2.40. The van der Waals surface area contributed by atoms with Crippen LogP contribution in [-0.2, 0) is 4.79 Å². The van der Waals surface area contributed by atoms with Crippen molar-refractivity contribution in [2.45, 2.75) is 49.1 Å². The maximum atomic E-state index is 13.1. The van der Waals surface area contributed by atoms with Crippen molar-refractivity contribution in [2.24, 2.45) is 5.92 Å². The van der Waals surface area contributed by atoms with E-state index in [1.165, 1.54) is 0 Å². The summed E-state index contributed by atoms with van der Waals surface area (Å²) >= 11 is 0. The zero-order chi connectivity index (χ0) is 20.0. The molecule has 0 aliphatic heterocycles. The maximum Gasteiger partial charge on any atom is 0.460 e. The third-order valence-corrected chi connectivity index (χ3v) is 2.81. The topological polar surface area (TPSA) is 17.1 Å². The van der Waals surface area contributed by atoms with Crippen LogP contribution in [0, 0.1) is 5.92 Å². The normalized spacial score (nSPS) is 16.9. The third-order valence-electron chi connectivity index (χ3n) is 2.81. The minimum absolute atomic E-state index is 0.468. The van der Waals surface area contributed by atoms with E-state index in [-0.39, 0.29) is 0 Å². The maximum absolute atomic E-state index is 13.1. The average Bonchev–Trinajstić information content (AvgIpc) is 2.35. The second-order valence-electron chi connectivity index (χ2n) is 4.82. The van der Waals surface area contributed by atoms with Gasteiger partial charge in [0.2, 0.25) is 0 Å². The van der Waals surface area contributed by atoms with Crippen LogP contribution >= 0.6 is 0 Å². The molecule has 14 heteroatoms. The molecule has 0 bridgehead atoms. The Morgan fingerprint density at radius 1 is 0.667 bits per heavy atom. The molecular formula is C10H7F13O. The summed E-state index contributed by atoms with van der Waals surface area (Å²) in [6.07, 6.45) is -10.4. The van der Waals surface area contributed by atoms with Crippen molar-refractivity contribution in [3.8, 4) is 0 Å². The van der Waals surface area contributed by atoms with Crippen LogP contribution in [0.3, 0.4) is 0 Å². The van der Waals surface area contributed by atoms with Crippen LogP contribution in [0.2, 0.25) is 0 Å². The molecule has 0 aliphatic rings. The van der Waals surface area contributed by atoms with Crippen LogP contribution in [0.5, 0.6) is 0 Å². The van der Waals surface area contributed by atoms with E-state index in [0.717, 1.165) is 0 Å². The van der Waals surface area contributed by atoms with Gasteiger partial charge >= 0.3 is 35.8 Å². The number of halogens is 13. The summed E-state index contributed by atoms with van der Waals surface area (Å²) in [5, 5.41) is 0. The van der Waals surface area contributed by atoms with Gasteiger partial charge in [0.05, 0.1) is 0 Å². The van der Waals surface area contributed by atoms with Gasteiger partial charge in [-0.05, 0) is 0 Å². The zero-order valence-electron chi connectivity index (χ0n) is 11.2. The highest BCUT2D eigenvalue weighted by Crippen LogP contribution is 2.60. The van der Waals surface area contributed by atoms with Crippen molar-refractivity contribution < 1.29 is 61.9 Å². The first-order valence-electron chi connectivity index (χ1n) is 5.61. The van der Waals surface area contributed by atoms with Crippen LogP contribution in [0.1, 0.15) is 13.3 Å². The molecule has 0 saturated heterocycles. The van der Waals surface area contributed by atoms with Crippen LogP contribution in [-0.4, -0.2) is 42.1 Å². The molecule has 144 valence electrons. The molecule has 0 N–H and O–H groups in total. The molecule has 1 atom stereocenters. The van der Waals surface area contributed by atoms with Gasteiger partial charge in [0.15, 0.2) is 0 Å². The van der Waals surface area contributed by atoms with Gasteiger partial charge in [-0.2, -0.15) is 57.1 Å². The second kappa shape index (κ2) is 5.93. The Kier molecular flexibility index (Phi) is 5.63. The first-order chi connectivity index (χ1) is 10.2. The van der Waals surface area contributed by atoms with Crippen molar-refractivity contribution >= 4 is 6.29 Å². The number of alkyl halides is 13. The first-order valence-corrected chi connectivity index (χ1v) is 5.61. The molecule has 1 unspecified atom stereocenters. The van der Waals surface area contributed by atoms with E-state index in [9.17, 15) is 61.9 Å². The predicted molar refractivity (Wildman–Crippen MR) is 50.6 cm³/mol. The van der Waals surface area contributed by atoms with Crippen molar-refractivity contribution in [3.05, 3.63) is 0 Å². The van der Waals surface area contributed by atoms with Gasteiger partial charge in [0.1, 0.15) is 6.29 Å². The molecule has 0 heterocycles. The fourth-order valence-corrected chi connectivity index (χ4v) is 1.38. The van der Waals surface area contributed by atoms with Crippen LogP contribution in [0.15, 0.2) is 0 Å². The second-order valence-corrected chi connectivity index (χ2v) is 4.82. The Bertz CT molecular complexity index is 464. The lowest BCUT2D eigenvalue weighted by Crippen LogP contribution is -2.70. The SMILES string of the molecule is CC(C=O)CC(F)(F)C(F)(F)C(F)(F)C(F)(F)C(F)(F)C(F)(F)F. The Morgan fingerprint density at radius 3 is 1.29 bits per heavy atom. The molecule has 0 rings (SSSR count). The van der Waals surface area contributed by atoms with Crippen molar-refractivity contribution in [1.29, 1.82) is 0 Å². The number of hydrogen-bond donors (Lipinski definition) is 0. The summed E-state index contributed by atoms with van der Waals surface area (Å²) in [4.78, 5) is 10.1. The summed E-state index contributed by atoms with van der Waals surface area (Å²) in [5.41, 5.74) is 0. The van der Waals surface area contributed by atoms with Gasteiger partial charge in [-0.25, -0.2) is 0 Å². The van der Waals surface area contributed by atoms with Crippen molar-refractivity contribution in [1.82, 2.24) is 0 Å². The van der Waals surface area contributed by atoms with Crippen LogP contribution in [0.4, 0.5) is 57.1 Å². The minimum atomic E-state index is -7.91. The Hall–Kier alpha value is -1.24. The number of aldehydes is 1. The molecule has 0 saturated carbocycles. The minimum Gasteiger partial charge on any atom is -0.303 e. The van der Waals surface area contributed by atoms with Gasteiger partial charge in [0, 0.05) is 12.3 Å². The molecule has 24 heavy (non-hydrogen) atoms. The summed E-state index contributed by atoms with van der Waals surface area (Å²) in [7, 11) is 0. The van der Waals surface area contributed by atoms with E-state index >= 15 is 0 Å². The Balaban J connectivity index is 6.15. The van der Waals surface area contributed by atoms with E-state index in [1.54, 1.807) is 0 Å². The molecule has 0 aromatic rings. The largest absolute Gasteiger partial charge is 0.460 e. The smallest absolute Gasteiger partial charge is 0.303 e. The van der Waals surface area contributed by atoms with Crippen molar-refractivity contribution in [3.63, 3.8) is 0 Å². The average molecular weight is 390 g/mol. The quantitative estimate of drug-likeness (QED) is 0.444. The Morgan fingerprint density at radius 2 is 1.00 bits per heavy atom. The van der Waals surface area contributed by atoms with Gasteiger partial charge in [0.25, 0.3) is 0 Å². The van der Waals surface area contributed by atoms with E-state index in [0.29, 0.717) is 6.92 Å². The molecule has 0 amide bonds. The molecule has 1 nitrogen and oxygen atoms in total. The number of carbonyl (C=O) groups is 1. The third kappa shape index (κ3) is 3.15. The summed E-state index contributed by atoms with van der Waals surface area (Å²) < 4.78 is 164. The fourth-order valence-electron chi connectivity index (χ4n) is 1.38. The van der Waals surface area contributed by atoms with E-state index in [2.05, 4.69) is 0 Å². The van der Waals surface area contributed by atoms with Crippen molar-refractivity contribution in [2.75, 3.05) is 0 Å². The zero-order valence-corrected chi connectivity index (χ0v) is 11.2. The molecule has 0 aromatic carbocycles. The highest BCUT2D eigenvalue weighted by molar-refractivity contribution is 5.52. The standard InChI is InChI=1S/C10H7F13O/c1-4(3-24)2-5(11,12)6(13,14)7(15,16)8(17,18)9(19,20)10(21,22)23/h3-4H,2H2,1H3. The van der Waals surface area contributed by atoms with Crippen LogP contribution < -0.4 is 0 Å². The van der Waals surface area contributed by atoms with E-state index in [4.69, 9.17) is 0 Å². The van der Waals surface area contributed by atoms with Gasteiger partial charge < -0.3 is 4.79 Å². The summed E-state index contributed by atoms with van der Waals surface area (Å²) in [6.45, 7) is 0.470. The highest BCUT2D eigenvalue weighted by atomic mass is 19.4. The summed E-state index contributed by atoms with van der Waals surface area (Å²) in [5.74, 6) is -39.1. The number of rotatable bonds is 7. The van der Waals surface area contributed by atoms with Crippen LogP contribution in [0.25, 0.3) is 0 Å². The Labute approximate surface area is 124 Å². The monoisotopic (exact) mass is 390 g/mol. The highest BCUT2D eigenvalue weighted by Gasteiger charge is 2.90. The fraction of sp³-hybridized carbons (Fsp3) is 0.900. The molecule has 0 aromatic heterocycles. The predicted octanol–water partition coefficient (Wildman–Crippen LogP) is 4.95. The number of hydrogen-bond acceptors (Lipinski definition) is 1. The van der Waals surface area contributed by atoms with Gasteiger partial charge in [-0.15, -0.1) is 0 Å². The number of carbonyl (C=O) groups excluding carboxylic acids is 1. The van der Waals surface area contributed by atoms with E-state index < -0.39 is 54.4 Å². The molecule has 0 aliphatic carbocycles. The van der Waals surface area contributed by atoms with Gasteiger partial charge in [-0.1, -0.05) is 6.92 Å².